The lowest BCUT2D eigenvalue weighted by Crippen LogP contribution is -2.46. The number of piperidine rings is 1. The number of nitrogens with one attached hydrogen (secondary N) is 2. The van der Waals surface area contributed by atoms with Gasteiger partial charge in [-0.15, -0.1) is 0 Å². The normalized spacial score (nSPS) is 18.2. The van der Waals surface area contributed by atoms with Crippen molar-refractivity contribution in [2.45, 2.75) is 25.3 Å². The number of benzene rings is 1. The number of carbonyl (C=O) groups is 2. The summed E-state index contributed by atoms with van der Waals surface area (Å²) in [6.07, 6.45) is 5.38. The molecule has 1 fully saturated rings. The molecule has 0 aliphatic carbocycles. The third-order valence-corrected chi connectivity index (χ3v) is 5.90. The van der Waals surface area contributed by atoms with Gasteiger partial charge in [0, 0.05) is 26.7 Å². The highest BCUT2D eigenvalue weighted by atomic mass is 16.3. The average Bonchev–Trinajstić information content (AvgIpc) is 3.42. The average molecular weight is 424 g/mol. The molecule has 164 valence electrons. The van der Waals surface area contributed by atoms with Gasteiger partial charge in [0.1, 0.15) is 5.76 Å². The number of hydrogen-bond acceptors (Lipinski definition) is 5. The van der Waals surface area contributed by atoms with Crippen LogP contribution in [-0.4, -0.2) is 67.3 Å². The SMILES string of the molecule is CN=C(NCCN1C(=O)c2ccccc2C1=O)NCC(c1ccco1)N1CCCCC1. The third-order valence-electron chi connectivity index (χ3n) is 5.90. The van der Waals surface area contributed by atoms with Crippen molar-refractivity contribution in [3.05, 3.63) is 59.5 Å². The second kappa shape index (κ2) is 9.78. The zero-order valence-electron chi connectivity index (χ0n) is 17.8. The molecule has 31 heavy (non-hydrogen) atoms. The summed E-state index contributed by atoms with van der Waals surface area (Å²) in [4.78, 5) is 33.0. The Hall–Kier alpha value is -3.13. The lowest BCUT2D eigenvalue weighted by atomic mass is 10.1. The summed E-state index contributed by atoms with van der Waals surface area (Å²) in [5, 5.41) is 6.58. The first kappa shape index (κ1) is 21.1. The molecule has 2 aliphatic rings. The Balaban J connectivity index is 1.30. The molecule has 0 spiro atoms. The van der Waals surface area contributed by atoms with Gasteiger partial charge in [-0.1, -0.05) is 18.6 Å². The summed E-state index contributed by atoms with van der Waals surface area (Å²) in [7, 11) is 1.71. The highest BCUT2D eigenvalue weighted by molar-refractivity contribution is 6.21. The van der Waals surface area contributed by atoms with Crippen molar-refractivity contribution in [2.24, 2.45) is 4.99 Å². The Morgan fingerprint density at radius 1 is 1.03 bits per heavy atom. The molecule has 0 radical (unpaired) electrons. The maximum absolute atomic E-state index is 12.5. The van der Waals surface area contributed by atoms with Crippen LogP contribution in [0.3, 0.4) is 0 Å². The molecule has 2 amide bonds. The Bertz CT molecular complexity index is 899. The maximum Gasteiger partial charge on any atom is 0.261 e. The fraction of sp³-hybridized carbons (Fsp3) is 0.435. The predicted octanol–water partition coefficient (Wildman–Crippen LogP) is 2.27. The van der Waals surface area contributed by atoms with Crippen LogP contribution in [0.2, 0.25) is 0 Å². The van der Waals surface area contributed by atoms with Gasteiger partial charge < -0.3 is 15.1 Å². The summed E-state index contributed by atoms with van der Waals surface area (Å²) in [6.45, 7) is 3.46. The highest BCUT2D eigenvalue weighted by Gasteiger charge is 2.34. The van der Waals surface area contributed by atoms with Gasteiger partial charge in [0.05, 0.1) is 23.4 Å². The highest BCUT2D eigenvalue weighted by Crippen LogP contribution is 2.24. The number of guanidine groups is 1. The summed E-state index contributed by atoms with van der Waals surface area (Å²) in [5.41, 5.74) is 0.940. The van der Waals surface area contributed by atoms with Crippen molar-refractivity contribution < 1.29 is 14.0 Å². The van der Waals surface area contributed by atoms with Crippen LogP contribution in [0.15, 0.2) is 52.1 Å². The quantitative estimate of drug-likeness (QED) is 0.403. The van der Waals surface area contributed by atoms with Crippen LogP contribution in [-0.2, 0) is 0 Å². The van der Waals surface area contributed by atoms with E-state index >= 15 is 0 Å². The molecule has 1 aromatic carbocycles. The van der Waals surface area contributed by atoms with E-state index in [0.29, 0.717) is 30.2 Å². The fourth-order valence-corrected chi connectivity index (χ4v) is 4.26. The van der Waals surface area contributed by atoms with Crippen LogP contribution in [0.1, 0.15) is 51.8 Å². The minimum Gasteiger partial charge on any atom is -0.468 e. The molecular weight excluding hydrogens is 394 g/mol. The van der Waals surface area contributed by atoms with Gasteiger partial charge in [-0.25, -0.2) is 0 Å². The molecule has 0 bridgehead atoms. The summed E-state index contributed by atoms with van der Waals surface area (Å²) < 4.78 is 5.69. The lowest BCUT2D eigenvalue weighted by molar-refractivity contribution is 0.0657. The Kier molecular flexibility index (Phi) is 6.66. The number of imide groups is 1. The van der Waals surface area contributed by atoms with E-state index < -0.39 is 0 Å². The molecule has 2 aliphatic heterocycles. The maximum atomic E-state index is 12.5. The molecule has 1 atom stereocenters. The van der Waals surface area contributed by atoms with Gasteiger partial charge in [-0.2, -0.15) is 0 Å². The summed E-state index contributed by atoms with van der Waals surface area (Å²) in [5.74, 6) is 1.09. The van der Waals surface area contributed by atoms with E-state index in [9.17, 15) is 9.59 Å². The smallest absolute Gasteiger partial charge is 0.261 e. The minimum absolute atomic E-state index is 0.130. The molecule has 0 saturated carbocycles. The van der Waals surface area contributed by atoms with Crippen LogP contribution < -0.4 is 10.6 Å². The molecule has 3 heterocycles. The molecule has 1 saturated heterocycles. The van der Waals surface area contributed by atoms with E-state index in [1.807, 2.05) is 12.1 Å². The van der Waals surface area contributed by atoms with Crippen molar-refractivity contribution >= 4 is 17.8 Å². The molecule has 8 nitrogen and oxygen atoms in total. The Morgan fingerprint density at radius 3 is 2.35 bits per heavy atom. The second-order valence-electron chi connectivity index (χ2n) is 7.82. The van der Waals surface area contributed by atoms with Crippen LogP contribution in [0.25, 0.3) is 0 Å². The number of furan rings is 1. The van der Waals surface area contributed by atoms with Gasteiger partial charge in [0.25, 0.3) is 11.8 Å². The molecule has 8 heteroatoms. The number of fused-ring (bicyclic) bond motifs is 1. The van der Waals surface area contributed by atoms with E-state index in [2.05, 4.69) is 20.5 Å². The number of carbonyl (C=O) groups excluding carboxylic acids is 2. The molecular formula is C23H29N5O3. The largest absolute Gasteiger partial charge is 0.468 e. The number of nitrogens with zero attached hydrogens (tertiary/aromatic N) is 3. The van der Waals surface area contributed by atoms with Crippen LogP contribution >= 0.6 is 0 Å². The summed E-state index contributed by atoms with van der Waals surface area (Å²) >= 11 is 0. The van der Waals surface area contributed by atoms with Crippen molar-refractivity contribution in [3.63, 3.8) is 0 Å². The Labute approximate surface area is 182 Å². The number of likely N-dealkylation sites (tertiary alicyclic amines) is 1. The first-order valence-corrected chi connectivity index (χ1v) is 10.9. The monoisotopic (exact) mass is 423 g/mol. The predicted molar refractivity (Wildman–Crippen MR) is 118 cm³/mol. The van der Waals surface area contributed by atoms with Crippen LogP contribution in [0.4, 0.5) is 0 Å². The van der Waals surface area contributed by atoms with Gasteiger partial charge in [0.2, 0.25) is 0 Å². The topological polar surface area (TPSA) is 90.2 Å². The molecule has 1 aromatic heterocycles. The minimum atomic E-state index is -0.242. The Morgan fingerprint density at radius 2 is 1.74 bits per heavy atom. The van der Waals surface area contributed by atoms with Gasteiger partial charge in [-0.05, 0) is 50.2 Å². The first-order chi connectivity index (χ1) is 15.2. The molecule has 4 rings (SSSR count). The molecule has 1 unspecified atom stereocenters. The van der Waals surface area contributed by atoms with Crippen LogP contribution in [0, 0.1) is 0 Å². The zero-order valence-corrected chi connectivity index (χ0v) is 17.8. The van der Waals surface area contributed by atoms with E-state index in [4.69, 9.17) is 4.42 Å². The van der Waals surface area contributed by atoms with Gasteiger partial charge in [-0.3, -0.25) is 24.4 Å². The van der Waals surface area contributed by atoms with E-state index in [1.54, 1.807) is 37.6 Å². The number of amides is 2. The van der Waals surface area contributed by atoms with E-state index in [0.717, 1.165) is 18.8 Å². The van der Waals surface area contributed by atoms with Gasteiger partial charge in [0.15, 0.2) is 5.96 Å². The van der Waals surface area contributed by atoms with E-state index in [1.165, 1.54) is 24.2 Å². The van der Waals surface area contributed by atoms with Crippen molar-refractivity contribution in [2.75, 3.05) is 39.8 Å². The molecule has 2 aromatic rings. The fourth-order valence-electron chi connectivity index (χ4n) is 4.26. The standard InChI is InChI=1S/C23H29N5O3/c1-24-23(25-11-14-28-21(29)17-8-3-4-9-18(17)22(28)30)26-16-19(20-10-7-15-31-20)27-12-5-2-6-13-27/h3-4,7-10,15,19H,2,5-6,11-14,16H2,1H3,(H2,24,25,26). The third kappa shape index (κ3) is 4.64. The second-order valence-corrected chi connectivity index (χ2v) is 7.82. The van der Waals surface area contributed by atoms with Crippen molar-refractivity contribution in [1.29, 1.82) is 0 Å². The number of hydrogen-bond donors (Lipinski definition) is 2. The molecule has 2 N–H and O–H groups in total. The van der Waals surface area contributed by atoms with Crippen molar-refractivity contribution in [1.82, 2.24) is 20.4 Å². The summed E-state index contributed by atoms with van der Waals surface area (Å²) in [6, 6.07) is 11.0. The van der Waals surface area contributed by atoms with E-state index in [-0.39, 0.29) is 24.4 Å². The van der Waals surface area contributed by atoms with Crippen LogP contribution in [0.5, 0.6) is 0 Å². The lowest BCUT2D eigenvalue weighted by Gasteiger charge is -2.33. The number of rotatable bonds is 7. The number of aliphatic imine (C=N–C) groups is 1. The van der Waals surface area contributed by atoms with Crippen molar-refractivity contribution in [3.8, 4) is 0 Å². The zero-order chi connectivity index (χ0) is 21.6. The first-order valence-electron chi connectivity index (χ1n) is 10.9. The van der Waals surface area contributed by atoms with Gasteiger partial charge >= 0.3 is 0 Å².